The first-order valence-electron chi connectivity index (χ1n) is 11.0. The molecule has 0 atom stereocenters. The minimum Gasteiger partial charge on any atom is -0.494 e. The Morgan fingerprint density at radius 2 is 1.81 bits per heavy atom. The molecule has 0 aliphatic carbocycles. The summed E-state index contributed by atoms with van der Waals surface area (Å²) in [6.45, 7) is 0.489. The molecule has 3 aromatic carbocycles. The number of benzene rings is 3. The number of rotatable bonds is 9. The first-order valence-corrected chi connectivity index (χ1v) is 11.0. The lowest BCUT2D eigenvalue weighted by atomic mass is 10.1. The topological polar surface area (TPSA) is 97.8 Å². The Morgan fingerprint density at radius 3 is 2.50 bits per heavy atom. The first-order chi connectivity index (χ1) is 17.2. The number of hydrogen-bond acceptors (Lipinski definition) is 5. The lowest BCUT2D eigenvalue weighted by Gasteiger charge is -2.14. The molecule has 0 unspecified atom stereocenters. The minimum atomic E-state index is -4.47. The molecule has 0 aliphatic heterocycles. The van der Waals surface area contributed by atoms with Gasteiger partial charge in [0.2, 0.25) is 12.3 Å². The van der Waals surface area contributed by atoms with Crippen molar-refractivity contribution in [1.82, 2.24) is 0 Å². The van der Waals surface area contributed by atoms with Crippen LogP contribution in [0, 0.1) is 0 Å². The van der Waals surface area contributed by atoms with Gasteiger partial charge in [-0.3, -0.25) is 14.5 Å². The van der Waals surface area contributed by atoms with Crippen molar-refractivity contribution in [3.63, 3.8) is 0 Å². The maximum atomic E-state index is 12.9. The summed E-state index contributed by atoms with van der Waals surface area (Å²) < 4.78 is 50.0. The van der Waals surface area contributed by atoms with Crippen molar-refractivity contribution in [3.8, 4) is 5.75 Å². The van der Waals surface area contributed by atoms with Gasteiger partial charge in [-0.15, -0.1) is 0 Å². The minimum absolute atomic E-state index is 0.147. The molecule has 186 valence electrons. The second kappa shape index (κ2) is 10.4. The van der Waals surface area contributed by atoms with E-state index in [2.05, 4.69) is 5.32 Å². The number of hydrogen-bond donors (Lipinski definition) is 2. The van der Waals surface area contributed by atoms with Crippen molar-refractivity contribution < 1.29 is 31.9 Å². The number of halogens is 3. The molecule has 4 aromatic rings. The quantitative estimate of drug-likeness (QED) is 0.175. The van der Waals surface area contributed by atoms with Gasteiger partial charge in [0.1, 0.15) is 11.3 Å². The SMILES string of the molecule is Nc1ccccc1NC(=O)c1ccc(OCCCN(C=O)c2cc3cc(C(F)(F)F)ccc3o2)cc1. The van der Waals surface area contributed by atoms with E-state index in [4.69, 9.17) is 14.9 Å². The molecule has 1 heterocycles. The molecular weight excluding hydrogens is 475 g/mol. The van der Waals surface area contributed by atoms with Gasteiger partial charge in [-0.1, -0.05) is 12.1 Å². The molecule has 0 spiro atoms. The van der Waals surface area contributed by atoms with Crippen LogP contribution in [0.4, 0.5) is 30.4 Å². The second-order valence-corrected chi connectivity index (χ2v) is 7.90. The molecule has 4 rings (SSSR count). The smallest absolute Gasteiger partial charge is 0.416 e. The van der Waals surface area contributed by atoms with Crippen molar-refractivity contribution in [2.75, 3.05) is 29.1 Å². The fourth-order valence-corrected chi connectivity index (χ4v) is 3.49. The van der Waals surface area contributed by atoms with Crippen LogP contribution in [0.3, 0.4) is 0 Å². The second-order valence-electron chi connectivity index (χ2n) is 7.90. The summed E-state index contributed by atoms with van der Waals surface area (Å²) in [5, 5.41) is 3.00. The first kappa shape index (κ1) is 24.6. The molecule has 2 amide bonds. The van der Waals surface area contributed by atoms with E-state index in [1.54, 1.807) is 48.5 Å². The standard InChI is InChI=1S/C26H22F3N3O4/c27-26(28,29)19-8-11-23-18(14-19)15-24(36-23)32(16-33)12-3-13-35-20-9-6-17(7-10-20)25(34)31-22-5-2-1-4-21(22)30/h1-2,4-11,14-16H,3,12-13,30H2,(H,31,34). The highest BCUT2D eigenvalue weighted by atomic mass is 19.4. The summed E-state index contributed by atoms with van der Waals surface area (Å²) in [6.07, 6.45) is -3.49. The highest BCUT2D eigenvalue weighted by Gasteiger charge is 2.30. The van der Waals surface area contributed by atoms with E-state index in [1.165, 1.54) is 17.0 Å². The zero-order valence-electron chi connectivity index (χ0n) is 18.9. The zero-order valence-corrected chi connectivity index (χ0v) is 18.9. The largest absolute Gasteiger partial charge is 0.494 e. The fraction of sp³-hybridized carbons (Fsp3) is 0.154. The summed E-state index contributed by atoms with van der Waals surface area (Å²) in [4.78, 5) is 25.2. The number of fused-ring (bicyclic) bond motifs is 1. The predicted molar refractivity (Wildman–Crippen MR) is 130 cm³/mol. The molecule has 0 fully saturated rings. The predicted octanol–water partition coefficient (Wildman–Crippen LogP) is 5.72. The van der Waals surface area contributed by atoms with Crippen molar-refractivity contribution in [3.05, 3.63) is 83.9 Å². The van der Waals surface area contributed by atoms with E-state index in [-0.39, 0.29) is 35.9 Å². The monoisotopic (exact) mass is 497 g/mol. The number of nitrogens with two attached hydrogens (primary N) is 1. The van der Waals surface area contributed by atoms with Gasteiger partial charge in [0.05, 0.1) is 23.5 Å². The van der Waals surface area contributed by atoms with E-state index in [1.807, 2.05) is 0 Å². The number of amides is 2. The van der Waals surface area contributed by atoms with Crippen LogP contribution in [-0.2, 0) is 11.0 Å². The summed E-state index contributed by atoms with van der Waals surface area (Å²) >= 11 is 0. The van der Waals surface area contributed by atoms with Gasteiger partial charge in [-0.25, -0.2) is 0 Å². The van der Waals surface area contributed by atoms with Crippen LogP contribution in [0.2, 0.25) is 0 Å². The number of alkyl halides is 3. The highest BCUT2D eigenvalue weighted by Crippen LogP contribution is 2.34. The third kappa shape index (κ3) is 5.77. The number of nitrogens with one attached hydrogen (secondary N) is 1. The lowest BCUT2D eigenvalue weighted by molar-refractivity contribution is -0.137. The number of ether oxygens (including phenoxy) is 1. The molecule has 3 N–H and O–H groups in total. The molecule has 10 heteroatoms. The molecule has 0 saturated heterocycles. The molecule has 1 aromatic heterocycles. The number of furan rings is 1. The Hall–Kier alpha value is -4.47. The van der Waals surface area contributed by atoms with Crippen LogP contribution in [-0.4, -0.2) is 25.5 Å². The Labute approximate surface area is 204 Å². The number of nitrogen functional groups attached to an aromatic ring is 1. The van der Waals surface area contributed by atoms with Crippen molar-refractivity contribution >= 4 is 40.5 Å². The number of anilines is 3. The van der Waals surface area contributed by atoms with Crippen molar-refractivity contribution in [1.29, 1.82) is 0 Å². The molecule has 7 nitrogen and oxygen atoms in total. The average molecular weight is 497 g/mol. The van der Waals surface area contributed by atoms with Gasteiger partial charge in [0, 0.05) is 23.6 Å². The average Bonchev–Trinajstić information content (AvgIpc) is 3.28. The number of carbonyl (C=O) groups is 2. The van der Waals surface area contributed by atoms with E-state index < -0.39 is 11.7 Å². The van der Waals surface area contributed by atoms with Crippen LogP contribution < -0.4 is 20.7 Å². The van der Waals surface area contributed by atoms with Gasteiger partial charge < -0.3 is 20.2 Å². The lowest BCUT2D eigenvalue weighted by Crippen LogP contribution is -2.23. The van der Waals surface area contributed by atoms with Gasteiger partial charge in [-0.2, -0.15) is 13.2 Å². The summed E-state index contributed by atoms with van der Waals surface area (Å²) in [7, 11) is 0. The highest BCUT2D eigenvalue weighted by molar-refractivity contribution is 6.05. The van der Waals surface area contributed by atoms with E-state index >= 15 is 0 Å². The molecule has 0 aliphatic rings. The third-order valence-corrected chi connectivity index (χ3v) is 5.38. The molecule has 0 saturated carbocycles. The Morgan fingerprint density at radius 1 is 1.06 bits per heavy atom. The number of carbonyl (C=O) groups excluding carboxylic acids is 2. The van der Waals surface area contributed by atoms with Gasteiger partial charge in [0.15, 0.2) is 0 Å². The van der Waals surface area contributed by atoms with Crippen molar-refractivity contribution in [2.24, 2.45) is 0 Å². The Bertz CT molecular complexity index is 1370. The Balaban J connectivity index is 1.29. The fourth-order valence-electron chi connectivity index (χ4n) is 3.49. The van der Waals surface area contributed by atoms with Crippen LogP contribution in [0.1, 0.15) is 22.3 Å². The normalized spacial score (nSPS) is 11.3. The number of nitrogens with zero attached hydrogens (tertiary/aromatic N) is 1. The summed E-state index contributed by atoms with van der Waals surface area (Å²) in [5.41, 5.74) is 6.71. The van der Waals surface area contributed by atoms with Gasteiger partial charge in [0.25, 0.3) is 5.91 Å². The van der Waals surface area contributed by atoms with E-state index in [0.29, 0.717) is 35.5 Å². The third-order valence-electron chi connectivity index (χ3n) is 5.38. The van der Waals surface area contributed by atoms with E-state index in [0.717, 1.165) is 12.1 Å². The molecule has 0 radical (unpaired) electrons. The number of para-hydroxylation sites is 2. The Kier molecular flexibility index (Phi) is 7.14. The molecular formula is C26H22F3N3O4. The van der Waals surface area contributed by atoms with Crippen molar-refractivity contribution in [2.45, 2.75) is 12.6 Å². The van der Waals surface area contributed by atoms with Crippen LogP contribution in [0.15, 0.2) is 77.2 Å². The maximum Gasteiger partial charge on any atom is 0.416 e. The molecule has 0 bridgehead atoms. The van der Waals surface area contributed by atoms with Crippen LogP contribution >= 0.6 is 0 Å². The summed E-state index contributed by atoms with van der Waals surface area (Å²) in [5.74, 6) is 0.370. The maximum absolute atomic E-state index is 12.9. The summed E-state index contributed by atoms with van der Waals surface area (Å²) in [6, 6.07) is 18.0. The molecule has 36 heavy (non-hydrogen) atoms. The van der Waals surface area contributed by atoms with E-state index in [9.17, 15) is 22.8 Å². The zero-order chi connectivity index (χ0) is 25.7. The van der Waals surface area contributed by atoms with Crippen LogP contribution in [0.25, 0.3) is 11.0 Å². The van der Waals surface area contributed by atoms with Gasteiger partial charge in [-0.05, 0) is 61.0 Å². The van der Waals surface area contributed by atoms with Crippen LogP contribution in [0.5, 0.6) is 5.75 Å². The van der Waals surface area contributed by atoms with Gasteiger partial charge >= 0.3 is 6.18 Å².